The summed E-state index contributed by atoms with van der Waals surface area (Å²) in [6, 6.07) is 0. The molecule has 6 aliphatic rings. The number of ether oxygens (including phenoxy) is 3. The molecule has 2 bridgehead atoms. The summed E-state index contributed by atoms with van der Waals surface area (Å²) in [4.78, 5) is 13.2. The average Bonchev–Trinajstić information content (AvgIpc) is 3.22. The van der Waals surface area contributed by atoms with E-state index in [4.69, 9.17) is 14.2 Å². The molecule has 0 aromatic heterocycles. The van der Waals surface area contributed by atoms with E-state index in [0.29, 0.717) is 13.0 Å². The highest BCUT2D eigenvalue weighted by Crippen LogP contribution is 2.73. The van der Waals surface area contributed by atoms with Crippen LogP contribution >= 0.6 is 0 Å². The Labute approximate surface area is 147 Å². The quantitative estimate of drug-likeness (QED) is 0.537. The Morgan fingerprint density at radius 3 is 2.84 bits per heavy atom. The van der Waals surface area contributed by atoms with Gasteiger partial charge in [-0.3, -0.25) is 4.79 Å². The number of carbonyl (C=O) groups excluding carboxylic acids is 1. The number of hydrogen-bond acceptors (Lipinski definition) is 5. The highest BCUT2D eigenvalue weighted by atomic mass is 16.7. The van der Waals surface area contributed by atoms with Crippen molar-refractivity contribution >= 4 is 5.97 Å². The minimum Gasteiger partial charge on any atom is -0.461 e. The van der Waals surface area contributed by atoms with Crippen molar-refractivity contribution in [3.63, 3.8) is 0 Å². The lowest BCUT2D eigenvalue weighted by Gasteiger charge is -2.61. The lowest BCUT2D eigenvalue weighted by Crippen LogP contribution is -2.68. The SMILES string of the molecule is C=C1C2CCC3C(C2)(C(=O)OC2CCC4(C)COC5OCC23C54)C1O. The Morgan fingerprint density at radius 2 is 2.00 bits per heavy atom. The van der Waals surface area contributed by atoms with Gasteiger partial charge in [0.15, 0.2) is 6.29 Å². The molecule has 9 atom stereocenters. The lowest BCUT2D eigenvalue weighted by molar-refractivity contribution is -0.243. The van der Waals surface area contributed by atoms with Gasteiger partial charge in [0, 0.05) is 11.3 Å². The highest BCUT2D eigenvalue weighted by molar-refractivity contribution is 5.81. The first-order chi connectivity index (χ1) is 11.9. The second-order valence-corrected chi connectivity index (χ2v) is 9.72. The third kappa shape index (κ3) is 1.42. The number of hydrogen-bond donors (Lipinski definition) is 1. The first kappa shape index (κ1) is 15.2. The van der Waals surface area contributed by atoms with Crippen molar-refractivity contribution < 1.29 is 24.1 Å². The third-order valence-electron chi connectivity index (χ3n) is 8.91. The maximum absolute atomic E-state index is 13.2. The summed E-state index contributed by atoms with van der Waals surface area (Å²) in [6.07, 6.45) is 3.50. The van der Waals surface area contributed by atoms with Crippen LogP contribution < -0.4 is 0 Å². The molecule has 3 heterocycles. The van der Waals surface area contributed by atoms with Crippen molar-refractivity contribution in [2.45, 2.75) is 57.5 Å². The zero-order chi connectivity index (χ0) is 17.2. The van der Waals surface area contributed by atoms with E-state index in [1.807, 2.05) is 0 Å². The predicted octanol–water partition coefficient (Wildman–Crippen LogP) is 2.03. The molecule has 6 fully saturated rings. The minimum absolute atomic E-state index is 0.0834. The minimum atomic E-state index is -0.810. The van der Waals surface area contributed by atoms with Crippen LogP contribution in [-0.2, 0) is 19.0 Å². The Morgan fingerprint density at radius 1 is 1.20 bits per heavy atom. The predicted molar refractivity (Wildman–Crippen MR) is 87.2 cm³/mol. The van der Waals surface area contributed by atoms with Gasteiger partial charge in [-0.15, -0.1) is 0 Å². The Hall–Kier alpha value is -0.910. The Balaban J connectivity index is 1.55. The zero-order valence-electron chi connectivity index (χ0n) is 14.7. The third-order valence-corrected chi connectivity index (χ3v) is 8.91. The first-order valence-electron chi connectivity index (χ1n) is 9.74. The fourth-order valence-corrected chi connectivity index (χ4v) is 7.89. The molecule has 2 spiro atoms. The number of carbonyl (C=O) groups is 1. The summed E-state index contributed by atoms with van der Waals surface area (Å²) in [7, 11) is 0. The van der Waals surface area contributed by atoms with E-state index < -0.39 is 11.5 Å². The molecule has 3 saturated heterocycles. The van der Waals surface area contributed by atoms with Gasteiger partial charge in [-0.25, -0.2) is 0 Å². The summed E-state index contributed by atoms with van der Waals surface area (Å²) in [5, 5.41) is 11.1. The van der Waals surface area contributed by atoms with E-state index in [2.05, 4.69) is 13.5 Å². The normalized spacial score (nSPS) is 61.5. The molecule has 1 N–H and O–H groups in total. The van der Waals surface area contributed by atoms with Crippen LogP contribution in [0.3, 0.4) is 0 Å². The van der Waals surface area contributed by atoms with Gasteiger partial charge < -0.3 is 19.3 Å². The summed E-state index contributed by atoms with van der Waals surface area (Å²) < 4.78 is 18.3. The van der Waals surface area contributed by atoms with Crippen molar-refractivity contribution in [2.24, 2.45) is 34.0 Å². The molecule has 3 aliphatic heterocycles. The highest BCUT2D eigenvalue weighted by Gasteiger charge is 2.78. The molecule has 9 unspecified atom stereocenters. The maximum atomic E-state index is 13.2. The van der Waals surface area contributed by atoms with Gasteiger partial charge in [0.25, 0.3) is 0 Å². The van der Waals surface area contributed by atoms with Crippen LogP contribution in [0, 0.1) is 34.0 Å². The Bertz CT molecular complexity index is 690. The molecule has 5 heteroatoms. The van der Waals surface area contributed by atoms with Gasteiger partial charge in [-0.2, -0.15) is 0 Å². The number of esters is 1. The molecule has 3 saturated carbocycles. The van der Waals surface area contributed by atoms with Crippen molar-refractivity contribution in [3.8, 4) is 0 Å². The number of aliphatic hydroxyl groups is 1. The van der Waals surface area contributed by atoms with Crippen molar-refractivity contribution in [1.82, 2.24) is 0 Å². The number of fused-ring (bicyclic) bond motifs is 1. The molecule has 3 aliphatic carbocycles. The summed E-state index contributed by atoms with van der Waals surface area (Å²) in [5.74, 6) is 0.425. The van der Waals surface area contributed by atoms with E-state index in [9.17, 15) is 9.90 Å². The van der Waals surface area contributed by atoms with Gasteiger partial charge >= 0.3 is 5.97 Å². The van der Waals surface area contributed by atoms with E-state index in [1.54, 1.807) is 0 Å². The zero-order valence-corrected chi connectivity index (χ0v) is 14.7. The molecular formula is C20H26O5. The van der Waals surface area contributed by atoms with Crippen LogP contribution in [0.15, 0.2) is 12.2 Å². The van der Waals surface area contributed by atoms with Gasteiger partial charge in [0.1, 0.15) is 11.5 Å². The fourth-order valence-electron chi connectivity index (χ4n) is 7.89. The molecule has 5 nitrogen and oxygen atoms in total. The molecule has 136 valence electrons. The number of aliphatic hydroxyl groups excluding tert-OH is 1. The smallest absolute Gasteiger partial charge is 0.315 e. The summed E-state index contributed by atoms with van der Waals surface area (Å²) in [5.41, 5.74) is -0.0974. The van der Waals surface area contributed by atoms with Crippen LogP contribution in [0.1, 0.15) is 39.0 Å². The molecule has 0 radical (unpaired) electrons. The molecule has 0 aromatic rings. The van der Waals surface area contributed by atoms with E-state index in [0.717, 1.165) is 37.9 Å². The van der Waals surface area contributed by atoms with Crippen LogP contribution in [0.2, 0.25) is 0 Å². The van der Waals surface area contributed by atoms with Crippen molar-refractivity contribution in [2.75, 3.05) is 13.2 Å². The van der Waals surface area contributed by atoms with Crippen molar-refractivity contribution in [1.29, 1.82) is 0 Å². The molecule has 0 amide bonds. The largest absolute Gasteiger partial charge is 0.461 e. The fraction of sp³-hybridized carbons (Fsp3) is 0.850. The molecule has 6 rings (SSSR count). The average molecular weight is 346 g/mol. The van der Waals surface area contributed by atoms with Gasteiger partial charge in [0.05, 0.1) is 19.3 Å². The summed E-state index contributed by atoms with van der Waals surface area (Å²) in [6.45, 7) is 7.75. The van der Waals surface area contributed by atoms with Crippen LogP contribution in [0.25, 0.3) is 0 Å². The topological polar surface area (TPSA) is 65.0 Å². The monoisotopic (exact) mass is 346 g/mol. The number of rotatable bonds is 0. The molecule has 0 aromatic carbocycles. The Kier molecular flexibility index (Phi) is 2.62. The second kappa shape index (κ2) is 4.32. The maximum Gasteiger partial charge on any atom is 0.315 e. The van der Waals surface area contributed by atoms with E-state index in [1.165, 1.54) is 0 Å². The summed E-state index contributed by atoms with van der Waals surface area (Å²) >= 11 is 0. The van der Waals surface area contributed by atoms with Gasteiger partial charge in [-0.05, 0) is 54.9 Å². The van der Waals surface area contributed by atoms with Crippen LogP contribution in [0.4, 0.5) is 0 Å². The van der Waals surface area contributed by atoms with Crippen LogP contribution in [-0.4, -0.2) is 42.8 Å². The van der Waals surface area contributed by atoms with E-state index >= 15 is 0 Å². The second-order valence-electron chi connectivity index (χ2n) is 9.72. The van der Waals surface area contributed by atoms with Crippen molar-refractivity contribution in [3.05, 3.63) is 12.2 Å². The van der Waals surface area contributed by atoms with Crippen LogP contribution in [0.5, 0.6) is 0 Å². The molecular weight excluding hydrogens is 320 g/mol. The van der Waals surface area contributed by atoms with E-state index in [-0.39, 0.29) is 46.9 Å². The van der Waals surface area contributed by atoms with Gasteiger partial charge in [0.2, 0.25) is 0 Å². The molecule has 25 heavy (non-hydrogen) atoms. The lowest BCUT2D eigenvalue weighted by atomic mass is 9.44. The standard InChI is InChI=1S/C20H26O5/c1-10-11-3-4-12-19(7-11,15(10)21)17(22)25-13-5-6-18(2)8-23-16-14(18)20(12,13)9-24-16/h11-16,21H,1,3-9H2,2H3. The first-order valence-corrected chi connectivity index (χ1v) is 9.74. The van der Waals surface area contributed by atoms with Gasteiger partial charge in [-0.1, -0.05) is 13.5 Å².